The summed E-state index contributed by atoms with van der Waals surface area (Å²) in [6, 6.07) is 16.1. The number of amides is 1. The molecule has 2 N–H and O–H groups in total. The molecular formula is C24H24F2N2O4S. The molecule has 1 unspecified atom stereocenters. The zero-order valence-corrected chi connectivity index (χ0v) is 18.9. The van der Waals surface area contributed by atoms with Crippen LogP contribution in [0.2, 0.25) is 0 Å². The highest BCUT2D eigenvalue weighted by atomic mass is 32.2. The number of carbonyl (C=O) groups is 1. The Labute approximate surface area is 191 Å². The van der Waals surface area contributed by atoms with Crippen LogP contribution >= 0.6 is 0 Å². The number of nitrogens with one attached hydrogen (secondary N) is 2. The van der Waals surface area contributed by atoms with E-state index in [1.807, 2.05) is 0 Å². The second-order valence-corrected chi connectivity index (χ2v) is 9.10. The summed E-state index contributed by atoms with van der Waals surface area (Å²) < 4.78 is 61.1. The molecule has 2 atom stereocenters. The van der Waals surface area contributed by atoms with Crippen LogP contribution in [0, 0.1) is 11.6 Å². The van der Waals surface area contributed by atoms with Crippen molar-refractivity contribution in [2.24, 2.45) is 0 Å². The summed E-state index contributed by atoms with van der Waals surface area (Å²) in [7, 11) is -2.99. The van der Waals surface area contributed by atoms with Crippen molar-refractivity contribution in [3.05, 3.63) is 95.6 Å². The van der Waals surface area contributed by atoms with Crippen LogP contribution in [0.5, 0.6) is 5.75 Å². The normalized spacial score (nSPS) is 13.2. The number of hydrogen-bond acceptors (Lipinski definition) is 4. The lowest BCUT2D eigenvalue weighted by Gasteiger charge is -2.22. The van der Waals surface area contributed by atoms with Gasteiger partial charge in [-0.1, -0.05) is 48.5 Å². The number of carbonyl (C=O) groups excluding carboxylic acids is 1. The van der Waals surface area contributed by atoms with Gasteiger partial charge in [0.15, 0.2) is 11.6 Å². The average molecular weight is 475 g/mol. The summed E-state index contributed by atoms with van der Waals surface area (Å²) in [4.78, 5) is 12.5. The summed E-state index contributed by atoms with van der Waals surface area (Å²) in [6.07, 6.45) is 0.0318. The van der Waals surface area contributed by atoms with Gasteiger partial charge in [0.25, 0.3) is 0 Å². The fraction of sp³-hybridized carbons (Fsp3) is 0.208. The van der Waals surface area contributed by atoms with Gasteiger partial charge in [-0.25, -0.2) is 17.2 Å². The van der Waals surface area contributed by atoms with Crippen molar-refractivity contribution in [2.45, 2.75) is 30.3 Å². The van der Waals surface area contributed by atoms with Crippen LogP contribution in [0.4, 0.5) is 8.78 Å². The van der Waals surface area contributed by atoms with Crippen LogP contribution in [-0.2, 0) is 21.2 Å². The van der Waals surface area contributed by atoms with Gasteiger partial charge in [0.05, 0.1) is 13.2 Å². The molecule has 3 rings (SSSR count). The molecule has 3 aromatic carbocycles. The molecule has 0 saturated carbocycles. The fourth-order valence-corrected chi connectivity index (χ4v) is 4.57. The minimum absolute atomic E-state index is 0.0318. The molecule has 0 aliphatic carbocycles. The molecule has 174 valence electrons. The molecule has 0 saturated heterocycles. The van der Waals surface area contributed by atoms with Crippen LogP contribution in [-0.4, -0.2) is 27.5 Å². The second kappa shape index (κ2) is 10.5. The molecular weight excluding hydrogens is 450 g/mol. The van der Waals surface area contributed by atoms with E-state index in [-0.39, 0.29) is 12.2 Å². The summed E-state index contributed by atoms with van der Waals surface area (Å²) in [5.74, 6) is -2.08. The van der Waals surface area contributed by atoms with Crippen molar-refractivity contribution in [3.63, 3.8) is 0 Å². The number of methoxy groups -OCH3 is 1. The highest BCUT2D eigenvalue weighted by molar-refractivity contribution is 7.89. The Morgan fingerprint density at radius 1 is 0.970 bits per heavy atom. The molecule has 0 radical (unpaired) electrons. The van der Waals surface area contributed by atoms with Gasteiger partial charge in [-0.3, -0.25) is 4.79 Å². The smallest absolute Gasteiger partial charge is 0.244 e. The lowest BCUT2D eigenvalue weighted by atomic mass is 10.0. The van der Waals surface area contributed by atoms with E-state index in [0.717, 1.165) is 12.1 Å². The summed E-state index contributed by atoms with van der Waals surface area (Å²) in [6.45, 7) is 1.64. The predicted molar refractivity (Wildman–Crippen MR) is 120 cm³/mol. The minimum Gasteiger partial charge on any atom is -0.494 e. The third-order valence-corrected chi connectivity index (χ3v) is 6.56. The van der Waals surface area contributed by atoms with Crippen molar-refractivity contribution >= 4 is 15.9 Å². The third-order valence-electron chi connectivity index (χ3n) is 5.06. The molecule has 6 nitrogen and oxygen atoms in total. The highest BCUT2D eigenvalue weighted by Crippen LogP contribution is 2.22. The van der Waals surface area contributed by atoms with Gasteiger partial charge in [0, 0.05) is 0 Å². The van der Waals surface area contributed by atoms with Crippen LogP contribution in [0.15, 0.2) is 77.7 Å². The van der Waals surface area contributed by atoms with Crippen LogP contribution in [0.3, 0.4) is 0 Å². The first kappa shape index (κ1) is 24.3. The van der Waals surface area contributed by atoms with E-state index in [9.17, 15) is 22.0 Å². The summed E-state index contributed by atoms with van der Waals surface area (Å²) in [5.41, 5.74) is 1.18. The molecule has 0 aliphatic heterocycles. The number of benzene rings is 3. The van der Waals surface area contributed by atoms with E-state index in [2.05, 4.69) is 10.0 Å². The average Bonchev–Trinajstić information content (AvgIpc) is 2.79. The van der Waals surface area contributed by atoms with Gasteiger partial charge in [0.1, 0.15) is 16.8 Å². The van der Waals surface area contributed by atoms with Crippen molar-refractivity contribution in [1.82, 2.24) is 10.0 Å². The SMILES string of the molecule is COc1ccc(C(C)NC(=O)[C@H](Cc2ccccc2)NS(=O)(=O)c2ccccc2F)cc1F. The molecule has 0 bridgehead atoms. The minimum atomic E-state index is -4.33. The van der Waals surface area contributed by atoms with Gasteiger partial charge in [-0.2, -0.15) is 4.72 Å². The van der Waals surface area contributed by atoms with Crippen molar-refractivity contribution < 1.29 is 26.7 Å². The van der Waals surface area contributed by atoms with Gasteiger partial charge >= 0.3 is 0 Å². The van der Waals surface area contributed by atoms with Crippen molar-refractivity contribution in [2.75, 3.05) is 7.11 Å². The van der Waals surface area contributed by atoms with E-state index >= 15 is 0 Å². The van der Waals surface area contributed by atoms with E-state index in [1.165, 1.54) is 31.4 Å². The zero-order chi connectivity index (χ0) is 24.0. The largest absolute Gasteiger partial charge is 0.494 e. The quantitative estimate of drug-likeness (QED) is 0.495. The molecule has 33 heavy (non-hydrogen) atoms. The Kier molecular flexibility index (Phi) is 7.78. The Morgan fingerprint density at radius 2 is 1.64 bits per heavy atom. The number of rotatable bonds is 9. The molecule has 0 aromatic heterocycles. The summed E-state index contributed by atoms with van der Waals surface area (Å²) in [5, 5.41) is 2.70. The highest BCUT2D eigenvalue weighted by Gasteiger charge is 2.29. The predicted octanol–water partition coefficient (Wildman–Crippen LogP) is 3.74. The Balaban J connectivity index is 1.85. The summed E-state index contributed by atoms with van der Waals surface area (Å²) >= 11 is 0. The Morgan fingerprint density at radius 3 is 2.27 bits per heavy atom. The van der Waals surface area contributed by atoms with Crippen molar-refractivity contribution in [3.8, 4) is 5.75 Å². The van der Waals surface area contributed by atoms with E-state index in [0.29, 0.717) is 11.1 Å². The molecule has 9 heteroatoms. The topological polar surface area (TPSA) is 84.5 Å². The van der Waals surface area contributed by atoms with Crippen LogP contribution < -0.4 is 14.8 Å². The van der Waals surface area contributed by atoms with Crippen LogP contribution in [0.25, 0.3) is 0 Å². The zero-order valence-electron chi connectivity index (χ0n) is 18.1. The molecule has 3 aromatic rings. The van der Waals surface area contributed by atoms with Crippen molar-refractivity contribution in [1.29, 1.82) is 0 Å². The molecule has 0 fully saturated rings. The first-order valence-electron chi connectivity index (χ1n) is 10.2. The first-order chi connectivity index (χ1) is 15.7. The number of halogens is 2. The molecule has 0 heterocycles. The number of sulfonamides is 1. The molecule has 0 aliphatic rings. The number of hydrogen-bond donors (Lipinski definition) is 2. The lowest BCUT2D eigenvalue weighted by Crippen LogP contribution is -2.48. The standard InChI is InChI=1S/C24H24F2N2O4S/c1-16(18-12-13-22(32-2)20(26)15-18)27-24(29)21(14-17-8-4-3-5-9-17)28-33(30,31)23-11-7-6-10-19(23)25/h3-13,15-16,21,28H,14H2,1-2H3,(H,27,29)/t16?,21-/m0/s1. The fourth-order valence-electron chi connectivity index (χ4n) is 3.30. The molecule has 0 spiro atoms. The lowest BCUT2D eigenvalue weighted by molar-refractivity contribution is -0.123. The maximum atomic E-state index is 14.1. The van der Waals surface area contributed by atoms with E-state index in [1.54, 1.807) is 43.3 Å². The second-order valence-electron chi connectivity index (χ2n) is 7.42. The Bertz CT molecular complexity index is 1220. The third kappa shape index (κ3) is 6.15. The Hall–Kier alpha value is -3.30. The van der Waals surface area contributed by atoms with Crippen LogP contribution in [0.1, 0.15) is 24.1 Å². The van der Waals surface area contributed by atoms with Gasteiger partial charge in [-0.05, 0) is 48.7 Å². The maximum Gasteiger partial charge on any atom is 0.244 e. The van der Waals surface area contributed by atoms with Gasteiger partial charge < -0.3 is 10.1 Å². The van der Waals surface area contributed by atoms with E-state index < -0.39 is 44.5 Å². The molecule has 1 amide bonds. The first-order valence-corrected chi connectivity index (χ1v) is 11.6. The van der Waals surface area contributed by atoms with Gasteiger partial charge in [-0.15, -0.1) is 0 Å². The van der Waals surface area contributed by atoms with E-state index in [4.69, 9.17) is 4.74 Å². The monoisotopic (exact) mass is 474 g/mol. The number of ether oxygens (including phenoxy) is 1. The maximum absolute atomic E-state index is 14.1. The van der Waals surface area contributed by atoms with Gasteiger partial charge in [0.2, 0.25) is 15.9 Å².